The summed E-state index contributed by atoms with van der Waals surface area (Å²) in [5.74, 6) is 0.364. The van der Waals surface area contributed by atoms with Crippen molar-refractivity contribution in [2.24, 2.45) is 11.5 Å². The highest BCUT2D eigenvalue weighted by Crippen LogP contribution is 2.34. The van der Waals surface area contributed by atoms with Gasteiger partial charge in [-0.1, -0.05) is 36.4 Å². The number of rotatable bonds is 5. The fourth-order valence-electron chi connectivity index (χ4n) is 5.59. The van der Waals surface area contributed by atoms with Crippen LogP contribution in [0.15, 0.2) is 48.5 Å². The molecule has 2 aromatic carbocycles. The largest absolute Gasteiger partial charge is 0.384 e. The van der Waals surface area contributed by atoms with Crippen LogP contribution in [0.2, 0.25) is 0 Å². The molecule has 1 amide bonds. The zero-order valence-electron chi connectivity index (χ0n) is 19.0. The summed E-state index contributed by atoms with van der Waals surface area (Å²) in [5.41, 5.74) is 17.0. The summed E-state index contributed by atoms with van der Waals surface area (Å²) in [5, 5.41) is 12.2. The molecule has 1 aromatic heterocycles. The predicted molar refractivity (Wildman–Crippen MR) is 133 cm³/mol. The topological polar surface area (TPSA) is 110 Å². The summed E-state index contributed by atoms with van der Waals surface area (Å²) in [7, 11) is 0. The molecule has 1 heterocycles. The van der Waals surface area contributed by atoms with Gasteiger partial charge < -0.3 is 21.4 Å². The Hall–Kier alpha value is -3.12. The summed E-state index contributed by atoms with van der Waals surface area (Å²) in [4.78, 5) is 13.5. The first kappa shape index (κ1) is 21.7. The van der Waals surface area contributed by atoms with Gasteiger partial charge in [-0.05, 0) is 68.2 Å². The Labute approximate surface area is 194 Å². The number of carbonyl (C=O) groups is 1. The minimum atomic E-state index is -0.0276. The van der Waals surface area contributed by atoms with Crippen LogP contribution in [0.4, 0.5) is 0 Å². The van der Waals surface area contributed by atoms with Crippen molar-refractivity contribution in [1.82, 2.24) is 9.88 Å². The Morgan fingerprint density at radius 1 is 1.06 bits per heavy atom. The third-order valence-electron chi connectivity index (χ3n) is 7.45. The summed E-state index contributed by atoms with van der Waals surface area (Å²) < 4.78 is 2.15. The van der Waals surface area contributed by atoms with Crippen molar-refractivity contribution in [1.29, 1.82) is 5.41 Å². The Kier molecular flexibility index (Phi) is 5.94. The Bertz CT molecular complexity index is 1190. The smallest absolute Gasteiger partial charge is 0.268 e. The van der Waals surface area contributed by atoms with E-state index in [-0.39, 0.29) is 23.8 Å². The second-order valence-corrected chi connectivity index (χ2v) is 9.70. The van der Waals surface area contributed by atoms with Crippen LogP contribution in [0.1, 0.15) is 71.6 Å². The van der Waals surface area contributed by atoms with Crippen LogP contribution in [0.5, 0.6) is 0 Å². The quantitative estimate of drug-likeness (QED) is 0.353. The van der Waals surface area contributed by atoms with Gasteiger partial charge >= 0.3 is 0 Å². The van der Waals surface area contributed by atoms with Crippen molar-refractivity contribution >= 4 is 22.6 Å². The normalized spacial score (nSPS) is 22.6. The van der Waals surface area contributed by atoms with Crippen molar-refractivity contribution in [3.05, 3.63) is 70.9 Å². The summed E-state index contributed by atoms with van der Waals surface area (Å²) in [6, 6.07) is 16.9. The lowest BCUT2D eigenvalue weighted by Gasteiger charge is -2.28. The van der Waals surface area contributed by atoms with Gasteiger partial charge in [0.15, 0.2) is 0 Å². The van der Waals surface area contributed by atoms with Crippen LogP contribution < -0.4 is 16.8 Å². The monoisotopic (exact) mass is 443 g/mol. The minimum Gasteiger partial charge on any atom is -0.384 e. The molecule has 1 saturated carbocycles. The standard InChI is InChI=1S/C27H33N5O/c28-21-10-12-22(13-11-21)31-27(33)25-14-18-8-9-19(26(29)30)15-24(18)32(25)16-20-6-3-5-17-4-1-2-7-23(17)20/h1-2,4,7-9,14-15,20-22H,3,5-6,10-13,16,28H2,(H3,29,30)(H,31,33)/t20-,21?,22?/m1/s1. The number of hydrogen-bond acceptors (Lipinski definition) is 3. The zero-order chi connectivity index (χ0) is 22.9. The van der Waals surface area contributed by atoms with Crippen molar-refractivity contribution in [3.8, 4) is 0 Å². The molecule has 33 heavy (non-hydrogen) atoms. The Morgan fingerprint density at radius 2 is 1.85 bits per heavy atom. The van der Waals surface area contributed by atoms with E-state index >= 15 is 0 Å². The average Bonchev–Trinajstić information content (AvgIpc) is 3.18. The van der Waals surface area contributed by atoms with E-state index in [2.05, 4.69) is 34.1 Å². The molecule has 172 valence electrons. The maximum Gasteiger partial charge on any atom is 0.268 e. The van der Waals surface area contributed by atoms with Gasteiger partial charge in [0, 0.05) is 41.0 Å². The summed E-state index contributed by atoms with van der Waals surface area (Å²) in [6.07, 6.45) is 7.14. The van der Waals surface area contributed by atoms with E-state index in [1.165, 1.54) is 11.1 Å². The number of hydrogen-bond donors (Lipinski definition) is 4. The molecule has 0 radical (unpaired) electrons. The van der Waals surface area contributed by atoms with Crippen LogP contribution in [0.25, 0.3) is 10.9 Å². The van der Waals surface area contributed by atoms with Gasteiger partial charge in [-0.2, -0.15) is 0 Å². The SMILES string of the molecule is N=C(N)c1ccc2cc(C(=O)NC3CCC(N)CC3)n(C[C@H]3CCCc4ccccc43)c2c1. The van der Waals surface area contributed by atoms with Crippen LogP contribution in [-0.2, 0) is 13.0 Å². The van der Waals surface area contributed by atoms with Gasteiger partial charge in [0.05, 0.1) is 0 Å². The molecule has 0 spiro atoms. The molecule has 2 aliphatic carbocycles. The van der Waals surface area contributed by atoms with Crippen molar-refractivity contribution in [3.63, 3.8) is 0 Å². The number of fused-ring (bicyclic) bond motifs is 2. The number of amides is 1. The van der Waals surface area contributed by atoms with Gasteiger partial charge in [0.1, 0.15) is 11.5 Å². The molecule has 0 saturated heterocycles. The zero-order valence-corrected chi connectivity index (χ0v) is 19.0. The van der Waals surface area contributed by atoms with E-state index in [9.17, 15) is 4.79 Å². The third kappa shape index (κ3) is 4.40. The van der Waals surface area contributed by atoms with Gasteiger partial charge in [-0.15, -0.1) is 0 Å². The van der Waals surface area contributed by atoms with E-state index < -0.39 is 0 Å². The van der Waals surface area contributed by atoms with Crippen LogP contribution in [0, 0.1) is 5.41 Å². The molecule has 2 aliphatic rings. The molecule has 6 heteroatoms. The van der Waals surface area contributed by atoms with E-state index in [4.69, 9.17) is 16.9 Å². The summed E-state index contributed by atoms with van der Waals surface area (Å²) >= 11 is 0. The molecule has 6 nitrogen and oxygen atoms in total. The lowest BCUT2D eigenvalue weighted by atomic mass is 9.83. The molecule has 0 unspecified atom stereocenters. The fraction of sp³-hybridized carbons (Fsp3) is 0.407. The molecular formula is C27H33N5O. The predicted octanol–water partition coefficient (Wildman–Crippen LogP) is 4.05. The van der Waals surface area contributed by atoms with Crippen LogP contribution in [-0.4, -0.2) is 28.4 Å². The van der Waals surface area contributed by atoms with E-state index in [1.54, 1.807) is 0 Å². The van der Waals surface area contributed by atoms with Gasteiger partial charge in [-0.3, -0.25) is 10.2 Å². The highest BCUT2D eigenvalue weighted by molar-refractivity contribution is 6.02. The van der Waals surface area contributed by atoms with Crippen molar-refractivity contribution in [2.45, 2.75) is 69.5 Å². The molecule has 0 bridgehead atoms. The maximum absolute atomic E-state index is 13.5. The lowest BCUT2D eigenvalue weighted by molar-refractivity contribution is 0.0916. The molecule has 1 atom stereocenters. The molecule has 1 fully saturated rings. The minimum absolute atomic E-state index is 0.0276. The van der Waals surface area contributed by atoms with E-state index in [0.717, 1.165) is 62.4 Å². The first-order chi connectivity index (χ1) is 16.0. The Morgan fingerprint density at radius 3 is 2.64 bits per heavy atom. The number of carbonyl (C=O) groups excluding carboxylic acids is 1. The third-order valence-corrected chi connectivity index (χ3v) is 7.45. The van der Waals surface area contributed by atoms with Crippen LogP contribution in [0.3, 0.4) is 0 Å². The Balaban J connectivity index is 1.51. The number of nitrogen functional groups attached to an aromatic ring is 1. The van der Waals surface area contributed by atoms with Crippen molar-refractivity contribution < 1.29 is 4.79 Å². The second kappa shape index (κ2) is 9.02. The maximum atomic E-state index is 13.5. The van der Waals surface area contributed by atoms with Gasteiger partial charge in [-0.25, -0.2) is 0 Å². The molecule has 6 N–H and O–H groups in total. The number of nitrogens with zero attached hydrogens (tertiary/aromatic N) is 1. The first-order valence-electron chi connectivity index (χ1n) is 12.1. The fourth-order valence-corrected chi connectivity index (χ4v) is 5.59. The van der Waals surface area contributed by atoms with E-state index in [0.29, 0.717) is 17.2 Å². The number of aromatic nitrogens is 1. The van der Waals surface area contributed by atoms with Crippen molar-refractivity contribution in [2.75, 3.05) is 0 Å². The number of nitrogens with two attached hydrogens (primary N) is 2. The highest BCUT2D eigenvalue weighted by atomic mass is 16.2. The first-order valence-corrected chi connectivity index (χ1v) is 12.1. The summed E-state index contributed by atoms with van der Waals surface area (Å²) in [6.45, 7) is 0.736. The molecule has 0 aliphatic heterocycles. The molecular weight excluding hydrogens is 410 g/mol. The average molecular weight is 444 g/mol. The second-order valence-electron chi connectivity index (χ2n) is 9.70. The molecule has 5 rings (SSSR count). The number of nitrogens with one attached hydrogen (secondary N) is 2. The lowest BCUT2D eigenvalue weighted by Crippen LogP contribution is -2.41. The van der Waals surface area contributed by atoms with E-state index in [1.807, 2.05) is 24.3 Å². The number of benzene rings is 2. The highest BCUT2D eigenvalue weighted by Gasteiger charge is 2.26. The number of amidine groups is 1. The van der Waals surface area contributed by atoms with Gasteiger partial charge in [0.2, 0.25) is 0 Å². The van der Waals surface area contributed by atoms with Gasteiger partial charge in [0.25, 0.3) is 5.91 Å². The van der Waals surface area contributed by atoms with Crippen LogP contribution >= 0.6 is 0 Å². The number of aryl methyl sites for hydroxylation is 1. The molecule has 3 aromatic rings.